The minimum atomic E-state index is -2.35. The molecule has 1 aromatic rings. The van der Waals surface area contributed by atoms with E-state index in [1.807, 2.05) is 30.3 Å². The van der Waals surface area contributed by atoms with Crippen LogP contribution >= 0.6 is 0 Å². The number of azide groups is 1. The monoisotopic (exact) mass is 491 g/mol. The van der Waals surface area contributed by atoms with E-state index in [0.717, 1.165) is 5.56 Å². The summed E-state index contributed by atoms with van der Waals surface area (Å²) in [4.78, 5) is 15.4. The van der Waals surface area contributed by atoms with Gasteiger partial charge in [0.2, 0.25) is 0 Å². The van der Waals surface area contributed by atoms with Crippen LogP contribution in [0.2, 0.25) is 18.1 Å². The van der Waals surface area contributed by atoms with E-state index in [0.29, 0.717) is 0 Å². The third-order valence-corrected chi connectivity index (χ3v) is 10.8. The Morgan fingerprint density at radius 1 is 1.29 bits per heavy atom. The molecule has 3 unspecified atom stereocenters. The molecule has 2 aliphatic heterocycles. The van der Waals surface area contributed by atoms with Gasteiger partial charge in [-0.15, -0.1) is 0 Å². The Bertz CT molecular complexity index is 902. The van der Waals surface area contributed by atoms with Crippen LogP contribution in [0, 0.1) is 0 Å². The molecule has 0 aliphatic carbocycles. The van der Waals surface area contributed by atoms with Gasteiger partial charge < -0.3 is 28.1 Å². The summed E-state index contributed by atoms with van der Waals surface area (Å²) in [6, 6.07) is 8.39. The first-order valence-electron chi connectivity index (χ1n) is 11.2. The van der Waals surface area contributed by atoms with Crippen LogP contribution < -0.4 is 0 Å². The second kappa shape index (κ2) is 10.9. The topological polar surface area (TPSA) is 121 Å². The summed E-state index contributed by atoms with van der Waals surface area (Å²) in [7, 11) is -2.35. The van der Waals surface area contributed by atoms with Crippen molar-refractivity contribution in [2.75, 3.05) is 13.2 Å². The average molecular weight is 492 g/mol. The lowest BCUT2D eigenvalue weighted by molar-refractivity contribution is -0.333. The fourth-order valence-corrected chi connectivity index (χ4v) is 4.62. The average Bonchev–Trinajstić information content (AvgIpc) is 2.79. The Labute approximate surface area is 200 Å². The zero-order valence-electron chi connectivity index (χ0n) is 20.2. The second-order valence-corrected chi connectivity index (χ2v) is 14.5. The number of fused-ring (bicyclic) bond motifs is 1. The van der Waals surface area contributed by atoms with Crippen LogP contribution in [-0.4, -0.2) is 58.3 Å². The molecule has 0 bridgehead atoms. The normalized spacial score (nSPS) is 29.3. The maximum Gasteiger partial charge on any atom is 0.508 e. The molecule has 0 aromatic heterocycles. The first-order chi connectivity index (χ1) is 16.1. The highest BCUT2D eigenvalue weighted by Gasteiger charge is 2.54. The fourth-order valence-electron chi connectivity index (χ4n) is 3.49. The molecule has 6 atom stereocenters. The van der Waals surface area contributed by atoms with Gasteiger partial charge >= 0.3 is 6.16 Å². The Balaban J connectivity index is 1.92. The third-order valence-electron chi connectivity index (χ3n) is 6.33. The van der Waals surface area contributed by atoms with E-state index >= 15 is 0 Å². The third kappa shape index (κ3) is 5.98. The van der Waals surface area contributed by atoms with Crippen LogP contribution in [0.5, 0.6) is 0 Å². The lowest BCUT2D eigenvalue weighted by Gasteiger charge is -2.50. The van der Waals surface area contributed by atoms with Crippen molar-refractivity contribution in [3.8, 4) is 0 Å². The lowest BCUT2D eigenvalue weighted by atomic mass is 9.96. The van der Waals surface area contributed by atoms with Gasteiger partial charge in [-0.1, -0.05) is 68.9 Å². The molecule has 186 valence electrons. The number of carbonyl (C=O) groups is 1. The molecule has 2 heterocycles. The first kappa shape index (κ1) is 26.2. The summed E-state index contributed by atoms with van der Waals surface area (Å²) in [6.45, 7) is 14.1. The highest BCUT2D eigenvalue weighted by atomic mass is 28.4. The number of hydrogen-bond donors (Lipinski definition) is 0. The molecule has 11 heteroatoms. The lowest BCUT2D eigenvalue weighted by Crippen LogP contribution is -2.64. The maximum absolute atomic E-state index is 12.4. The second-order valence-electron chi connectivity index (χ2n) is 9.73. The number of hydrogen-bond acceptors (Lipinski definition) is 8. The van der Waals surface area contributed by atoms with Crippen LogP contribution in [0.1, 0.15) is 32.6 Å². The quantitative estimate of drug-likeness (QED) is 0.128. The van der Waals surface area contributed by atoms with Crippen molar-refractivity contribution in [1.82, 2.24) is 0 Å². The Hall–Kier alpha value is -2.40. The van der Waals surface area contributed by atoms with Crippen molar-refractivity contribution in [2.24, 2.45) is 5.11 Å². The van der Waals surface area contributed by atoms with E-state index in [1.54, 1.807) is 0 Å². The van der Waals surface area contributed by atoms with Crippen molar-refractivity contribution >= 4 is 14.5 Å². The molecule has 1 aromatic carbocycles. The summed E-state index contributed by atoms with van der Waals surface area (Å²) in [6.07, 6.45) is -3.56. The van der Waals surface area contributed by atoms with Gasteiger partial charge in [-0.25, -0.2) is 4.79 Å². The minimum absolute atomic E-state index is 0.0250. The number of benzene rings is 1. The van der Waals surface area contributed by atoms with Crippen molar-refractivity contribution in [3.63, 3.8) is 0 Å². The molecule has 10 nitrogen and oxygen atoms in total. The van der Waals surface area contributed by atoms with Gasteiger partial charge in [0, 0.05) is 10.5 Å². The SMILES string of the molecule is C=CCOC(=O)O[C@@H]1C(N=[N+]=[N-])[C@@H](O[Si](C)(C)C(C)(C)C)OC2COC(c3ccccc3)O[C@H]21. The highest BCUT2D eigenvalue weighted by Crippen LogP contribution is 2.42. The van der Waals surface area contributed by atoms with Gasteiger partial charge in [-0.3, -0.25) is 0 Å². The molecule has 2 saturated heterocycles. The van der Waals surface area contributed by atoms with E-state index in [-0.39, 0.29) is 18.3 Å². The smallest absolute Gasteiger partial charge is 0.430 e. The van der Waals surface area contributed by atoms with Crippen molar-refractivity contribution in [1.29, 1.82) is 0 Å². The van der Waals surface area contributed by atoms with Gasteiger partial charge in [0.05, 0.1) is 6.61 Å². The van der Waals surface area contributed by atoms with Crippen LogP contribution in [0.25, 0.3) is 10.4 Å². The number of carbonyl (C=O) groups excluding carboxylic acids is 1. The maximum atomic E-state index is 12.4. The molecule has 34 heavy (non-hydrogen) atoms. The Morgan fingerprint density at radius 3 is 2.62 bits per heavy atom. The largest absolute Gasteiger partial charge is 0.508 e. The fraction of sp³-hybridized carbons (Fsp3) is 0.609. The van der Waals surface area contributed by atoms with Gasteiger partial charge in [0.1, 0.15) is 31.0 Å². The number of nitrogens with zero attached hydrogens (tertiary/aromatic N) is 3. The Kier molecular flexibility index (Phi) is 8.40. The zero-order chi connectivity index (χ0) is 24.9. The molecule has 3 rings (SSSR count). The number of ether oxygens (including phenoxy) is 5. The Morgan fingerprint density at radius 2 is 2.00 bits per heavy atom. The van der Waals surface area contributed by atoms with Gasteiger partial charge in [0.25, 0.3) is 0 Å². The molecule has 0 N–H and O–H groups in total. The van der Waals surface area contributed by atoms with Gasteiger partial charge in [-0.2, -0.15) is 0 Å². The van der Waals surface area contributed by atoms with Crippen molar-refractivity contribution in [3.05, 3.63) is 59.0 Å². The first-order valence-corrected chi connectivity index (χ1v) is 14.1. The van der Waals surface area contributed by atoms with E-state index in [4.69, 9.17) is 28.1 Å². The van der Waals surface area contributed by atoms with E-state index < -0.39 is 51.4 Å². The van der Waals surface area contributed by atoms with Crippen LogP contribution in [0.4, 0.5) is 4.79 Å². The minimum Gasteiger partial charge on any atom is -0.430 e. The van der Waals surface area contributed by atoms with Crippen LogP contribution in [-0.2, 0) is 28.1 Å². The summed E-state index contributed by atoms with van der Waals surface area (Å²) in [5.41, 5.74) is 10.1. The standard InChI is InChI=1S/C23H33N3O7Si/c1-7-13-28-22(27)32-19-17(25-26-24)21(33-34(5,6)23(2,3)4)30-16-14-29-20(31-18(16)19)15-11-9-8-10-12-15/h7-12,16-21H,1,13-14H2,2-6H3/t16?,17?,18-,19-,20?,21-/m1/s1. The van der Waals surface area contributed by atoms with Crippen molar-refractivity contribution < 1.29 is 32.9 Å². The van der Waals surface area contributed by atoms with E-state index in [9.17, 15) is 10.3 Å². The molecule has 0 spiro atoms. The molecule has 2 fully saturated rings. The summed E-state index contributed by atoms with van der Waals surface area (Å²) in [5.74, 6) is 0. The molecule has 0 saturated carbocycles. The molecular weight excluding hydrogens is 458 g/mol. The van der Waals surface area contributed by atoms with E-state index in [2.05, 4.69) is 50.5 Å². The van der Waals surface area contributed by atoms with Crippen molar-refractivity contribution in [2.45, 2.75) is 75.8 Å². The summed E-state index contributed by atoms with van der Waals surface area (Å²) >= 11 is 0. The van der Waals surface area contributed by atoms with Crippen LogP contribution in [0.15, 0.2) is 48.1 Å². The predicted molar refractivity (Wildman–Crippen MR) is 126 cm³/mol. The molecule has 2 aliphatic rings. The molecular formula is C23H33N3O7Si. The van der Waals surface area contributed by atoms with Gasteiger partial charge in [0.15, 0.2) is 20.9 Å². The van der Waals surface area contributed by atoms with E-state index in [1.165, 1.54) is 6.08 Å². The summed E-state index contributed by atoms with van der Waals surface area (Å²) in [5, 5.41) is 3.78. The highest BCUT2D eigenvalue weighted by molar-refractivity contribution is 6.74. The summed E-state index contributed by atoms with van der Waals surface area (Å²) < 4.78 is 35.4. The van der Waals surface area contributed by atoms with Gasteiger partial charge in [-0.05, 0) is 23.7 Å². The molecule has 0 radical (unpaired) electrons. The number of rotatable bonds is 7. The predicted octanol–water partition coefficient (Wildman–Crippen LogP) is 5.23. The zero-order valence-corrected chi connectivity index (χ0v) is 21.2. The van der Waals surface area contributed by atoms with Crippen LogP contribution in [0.3, 0.4) is 0 Å². The molecule has 0 amide bonds.